The van der Waals surface area contributed by atoms with Crippen LogP contribution in [0.1, 0.15) is 31.4 Å². The first-order valence-electron chi connectivity index (χ1n) is 6.85. The molecule has 20 heavy (non-hydrogen) atoms. The molecule has 0 heterocycles. The molecule has 0 fully saturated rings. The molecular weight excluding hydrogens is 254 g/mol. The van der Waals surface area contributed by atoms with Gasteiger partial charge >= 0.3 is 5.97 Å². The van der Waals surface area contributed by atoms with Crippen molar-refractivity contribution in [2.24, 2.45) is 5.92 Å². The van der Waals surface area contributed by atoms with E-state index in [2.05, 4.69) is 5.32 Å². The van der Waals surface area contributed by atoms with E-state index < -0.39 is 12.0 Å². The van der Waals surface area contributed by atoms with Gasteiger partial charge in [0.1, 0.15) is 6.04 Å². The van der Waals surface area contributed by atoms with Crippen molar-refractivity contribution in [3.8, 4) is 0 Å². The van der Waals surface area contributed by atoms with Crippen LogP contribution in [-0.2, 0) is 20.7 Å². The van der Waals surface area contributed by atoms with E-state index in [1.165, 1.54) is 7.11 Å². The number of amides is 1. The Morgan fingerprint density at radius 3 is 2.45 bits per heavy atom. The van der Waals surface area contributed by atoms with E-state index in [0.29, 0.717) is 12.8 Å². The zero-order valence-corrected chi connectivity index (χ0v) is 12.6. The lowest BCUT2D eigenvalue weighted by atomic mass is 10.0. The van der Waals surface area contributed by atoms with Crippen molar-refractivity contribution in [3.63, 3.8) is 0 Å². The monoisotopic (exact) mass is 277 g/mol. The van der Waals surface area contributed by atoms with Gasteiger partial charge in [0.25, 0.3) is 0 Å². The van der Waals surface area contributed by atoms with Crippen molar-refractivity contribution < 1.29 is 14.3 Å². The van der Waals surface area contributed by atoms with Crippen LogP contribution in [0.15, 0.2) is 24.3 Å². The molecule has 0 aliphatic carbocycles. The number of rotatable bonds is 6. The molecule has 4 heteroatoms. The van der Waals surface area contributed by atoms with Crippen LogP contribution in [0.2, 0.25) is 0 Å². The number of aryl methyl sites for hydroxylation is 1. The van der Waals surface area contributed by atoms with E-state index in [-0.39, 0.29) is 11.8 Å². The summed E-state index contributed by atoms with van der Waals surface area (Å²) in [5.74, 6) is -0.277. The fourth-order valence-electron chi connectivity index (χ4n) is 2.02. The molecule has 0 spiro atoms. The van der Waals surface area contributed by atoms with Crippen LogP contribution < -0.4 is 5.32 Å². The average Bonchev–Trinajstić information content (AvgIpc) is 2.38. The van der Waals surface area contributed by atoms with Crippen molar-refractivity contribution in [1.82, 2.24) is 5.32 Å². The minimum absolute atomic E-state index is 0.121. The van der Waals surface area contributed by atoms with Gasteiger partial charge < -0.3 is 10.1 Å². The maximum atomic E-state index is 11.8. The fraction of sp³-hybridized carbons (Fsp3) is 0.500. The lowest BCUT2D eigenvalue weighted by molar-refractivity contribution is -0.145. The predicted octanol–water partition coefficient (Wildman–Crippen LogP) is 2.24. The van der Waals surface area contributed by atoms with Crippen LogP contribution in [-0.4, -0.2) is 25.0 Å². The van der Waals surface area contributed by atoms with E-state index in [0.717, 1.165) is 11.1 Å². The second-order valence-corrected chi connectivity index (χ2v) is 5.37. The third-order valence-electron chi connectivity index (χ3n) is 3.10. The summed E-state index contributed by atoms with van der Waals surface area (Å²) in [5, 5.41) is 2.76. The van der Waals surface area contributed by atoms with Gasteiger partial charge in [-0.2, -0.15) is 0 Å². The molecule has 0 saturated carbocycles. The Morgan fingerprint density at radius 1 is 1.25 bits per heavy atom. The first-order valence-corrected chi connectivity index (χ1v) is 6.85. The van der Waals surface area contributed by atoms with Gasteiger partial charge in [-0.05, 0) is 24.0 Å². The topological polar surface area (TPSA) is 55.4 Å². The van der Waals surface area contributed by atoms with Gasteiger partial charge in [0.05, 0.1) is 7.11 Å². The van der Waals surface area contributed by atoms with E-state index >= 15 is 0 Å². The molecule has 1 atom stereocenters. The number of carbonyl (C=O) groups excluding carboxylic acids is 2. The Labute approximate surface area is 120 Å². The minimum atomic E-state index is -0.632. The number of hydrogen-bond acceptors (Lipinski definition) is 3. The average molecular weight is 277 g/mol. The molecule has 0 saturated heterocycles. The van der Waals surface area contributed by atoms with Crippen molar-refractivity contribution in [1.29, 1.82) is 0 Å². The van der Waals surface area contributed by atoms with Gasteiger partial charge in [-0.1, -0.05) is 38.1 Å². The van der Waals surface area contributed by atoms with Gasteiger partial charge in [-0.3, -0.25) is 4.79 Å². The molecule has 0 aromatic heterocycles. The summed E-state index contributed by atoms with van der Waals surface area (Å²) in [6.45, 7) is 5.92. The highest BCUT2D eigenvalue weighted by atomic mass is 16.5. The summed E-state index contributed by atoms with van der Waals surface area (Å²) in [7, 11) is 1.34. The Morgan fingerprint density at radius 2 is 1.90 bits per heavy atom. The fourth-order valence-corrected chi connectivity index (χ4v) is 2.02. The van der Waals surface area contributed by atoms with Crippen LogP contribution in [0.25, 0.3) is 0 Å². The number of benzene rings is 1. The lowest BCUT2D eigenvalue weighted by Gasteiger charge is -2.18. The van der Waals surface area contributed by atoms with Gasteiger partial charge in [-0.15, -0.1) is 0 Å². The summed E-state index contributed by atoms with van der Waals surface area (Å²) in [6.07, 6.45) is 0.852. The molecular formula is C16H23NO3. The predicted molar refractivity (Wildman–Crippen MR) is 78.3 cm³/mol. The smallest absolute Gasteiger partial charge is 0.328 e. The summed E-state index contributed by atoms with van der Waals surface area (Å²) >= 11 is 0. The standard InChI is InChI=1S/C16H23NO3/c1-11(2)9-15(18)17-14(16(19)20-4)10-13-8-6-5-7-12(13)3/h5-8,11,14H,9-10H2,1-4H3,(H,17,18)/t14-/m1/s1. The number of nitrogens with one attached hydrogen (secondary N) is 1. The zero-order valence-electron chi connectivity index (χ0n) is 12.6. The second-order valence-electron chi connectivity index (χ2n) is 5.37. The summed E-state index contributed by atoms with van der Waals surface area (Å²) in [6, 6.07) is 7.18. The number of hydrogen-bond donors (Lipinski definition) is 1. The lowest BCUT2D eigenvalue weighted by Crippen LogP contribution is -2.43. The van der Waals surface area contributed by atoms with Crippen LogP contribution in [0.5, 0.6) is 0 Å². The highest BCUT2D eigenvalue weighted by molar-refractivity contribution is 5.84. The van der Waals surface area contributed by atoms with Gasteiger partial charge in [0.2, 0.25) is 5.91 Å². The number of carbonyl (C=O) groups is 2. The second kappa shape index (κ2) is 7.68. The van der Waals surface area contributed by atoms with Crippen LogP contribution in [0.3, 0.4) is 0 Å². The van der Waals surface area contributed by atoms with E-state index in [1.54, 1.807) is 0 Å². The number of methoxy groups -OCH3 is 1. The van der Waals surface area contributed by atoms with Crippen molar-refractivity contribution in [2.45, 2.75) is 39.7 Å². The Hall–Kier alpha value is -1.84. The highest BCUT2D eigenvalue weighted by Gasteiger charge is 2.22. The molecule has 0 bridgehead atoms. The molecule has 0 aliphatic rings. The SMILES string of the molecule is COC(=O)[C@@H](Cc1ccccc1C)NC(=O)CC(C)C. The van der Waals surface area contributed by atoms with E-state index in [4.69, 9.17) is 4.74 Å². The third kappa shape index (κ3) is 5.03. The maximum Gasteiger partial charge on any atom is 0.328 e. The van der Waals surface area contributed by atoms with Crippen LogP contribution >= 0.6 is 0 Å². The Bertz CT molecular complexity index is 469. The van der Waals surface area contributed by atoms with Crippen LogP contribution in [0, 0.1) is 12.8 Å². The molecule has 0 radical (unpaired) electrons. The van der Waals surface area contributed by atoms with Gasteiger partial charge in [0.15, 0.2) is 0 Å². The van der Waals surface area contributed by atoms with Crippen molar-refractivity contribution >= 4 is 11.9 Å². The first-order chi connectivity index (χ1) is 9.43. The quantitative estimate of drug-likeness (QED) is 0.811. The molecule has 1 aromatic rings. The Balaban J connectivity index is 2.78. The van der Waals surface area contributed by atoms with Gasteiger partial charge in [0, 0.05) is 12.8 Å². The highest BCUT2D eigenvalue weighted by Crippen LogP contribution is 2.11. The van der Waals surface area contributed by atoms with Crippen LogP contribution in [0.4, 0.5) is 0 Å². The normalized spacial score (nSPS) is 12.1. The van der Waals surface area contributed by atoms with E-state index in [9.17, 15) is 9.59 Å². The van der Waals surface area contributed by atoms with Crippen molar-refractivity contribution in [2.75, 3.05) is 7.11 Å². The largest absolute Gasteiger partial charge is 0.467 e. The molecule has 1 rings (SSSR count). The number of ether oxygens (including phenoxy) is 1. The molecule has 1 amide bonds. The third-order valence-corrected chi connectivity index (χ3v) is 3.10. The zero-order chi connectivity index (χ0) is 15.1. The minimum Gasteiger partial charge on any atom is -0.467 e. The molecule has 1 aromatic carbocycles. The number of esters is 1. The van der Waals surface area contributed by atoms with Crippen molar-refractivity contribution in [3.05, 3.63) is 35.4 Å². The summed E-state index contributed by atoms with van der Waals surface area (Å²) in [5.41, 5.74) is 2.13. The Kier molecular flexibility index (Phi) is 6.22. The molecule has 0 aliphatic heterocycles. The van der Waals surface area contributed by atoms with E-state index in [1.807, 2.05) is 45.0 Å². The summed E-state index contributed by atoms with van der Waals surface area (Å²) in [4.78, 5) is 23.7. The first kappa shape index (κ1) is 16.2. The maximum absolute atomic E-state index is 11.8. The summed E-state index contributed by atoms with van der Waals surface area (Å²) < 4.78 is 4.78. The molecule has 0 unspecified atom stereocenters. The molecule has 1 N–H and O–H groups in total. The molecule has 110 valence electrons. The van der Waals surface area contributed by atoms with Gasteiger partial charge in [-0.25, -0.2) is 4.79 Å². The molecule has 4 nitrogen and oxygen atoms in total.